The molecule has 0 saturated heterocycles. The fraction of sp³-hybridized carbons (Fsp3) is 0.393. The maximum Gasteiger partial charge on any atom is 0.184 e. The number of Topliss-reactive ketones (excluding diaryl/α,β-unsaturated/α-hetero) is 1. The van der Waals surface area contributed by atoms with Crippen molar-refractivity contribution in [2.45, 2.75) is 47.0 Å². The van der Waals surface area contributed by atoms with Crippen LogP contribution in [0.5, 0.6) is 11.5 Å². The highest BCUT2D eigenvalue weighted by molar-refractivity contribution is 7.96. The van der Waals surface area contributed by atoms with Gasteiger partial charge in [0.05, 0.1) is 16.6 Å². The highest BCUT2D eigenvalue weighted by Gasteiger charge is 2.26. The van der Waals surface area contributed by atoms with E-state index in [4.69, 9.17) is 44.3 Å². The summed E-state index contributed by atoms with van der Waals surface area (Å²) in [5.74, 6) is 1.04. The summed E-state index contributed by atoms with van der Waals surface area (Å²) in [7, 11) is 0. The molecule has 0 bridgehead atoms. The third kappa shape index (κ3) is 9.35. The van der Waals surface area contributed by atoms with Gasteiger partial charge < -0.3 is 9.47 Å². The average Bonchev–Trinajstić information content (AvgIpc) is 2.88. The van der Waals surface area contributed by atoms with Crippen molar-refractivity contribution in [2.24, 2.45) is 0 Å². The molecule has 2 rings (SSSR count). The zero-order chi connectivity index (χ0) is 27.3. The van der Waals surface area contributed by atoms with E-state index in [2.05, 4.69) is 18.6 Å². The van der Waals surface area contributed by atoms with Crippen LogP contribution in [0.2, 0.25) is 10.0 Å². The van der Waals surface area contributed by atoms with Gasteiger partial charge in [-0.1, -0.05) is 98.7 Å². The Balaban J connectivity index is 0.00000316. The molecular formula is C28H36Cl3NO3S. The van der Waals surface area contributed by atoms with Gasteiger partial charge >= 0.3 is 0 Å². The van der Waals surface area contributed by atoms with Crippen molar-refractivity contribution >= 4 is 52.5 Å². The van der Waals surface area contributed by atoms with Crippen molar-refractivity contribution in [1.82, 2.24) is 4.72 Å². The number of carbonyl (C=O) groups excluding carboxylic acids is 1. The Bertz CT molecular complexity index is 1030. The molecule has 0 amide bonds. The van der Waals surface area contributed by atoms with E-state index < -0.39 is 0 Å². The zero-order valence-electron chi connectivity index (χ0n) is 22.0. The molecule has 1 N–H and O–H groups in total. The second kappa shape index (κ2) is 16.3. The van der Waals surface area contributed by atoms with Crippen LogP contribution in [0.15, 0.2) is 59.2 Å². The molecule has 0 unspecified atom stereocenters. The smallest absolute Gasteiger partial charge is 0.184 e. The highest BCUT2D eigenvalue weighted by Crippen LogP contribution is 2.41. The highest BCUT2D eigenvalue weighted by atomic mass is 35.5. The molecule has 4 nitrogen and oxygen atoms in total. The van der Waals surface area contributed by atoms with Crippen LogP contribution in [-0.2, 0) is 10.2 Å². The van der Waals surface area contributed by atoms with Gasteiger partial charge in [0.15, 0.2) is 11.5 Å². The molecule has 8 heteroatoms. The van der Waals surface area contributed by atoms with Crippen LogP contribution in [0.1, 0.15) is 52.7 Å². The summed E-state index contributed by atoms with van der Waals surface area (Å²) >= 11 is 20.7. The fourth-order valence-corrected chi connectivity index (χ4v) is 4.25. The normalized spacial score (nSPS) is 12.1. The lowest BCUT2D eigenvalue weighted by Gasteiger charge is -2.27. The van der Waals surface area contributed by atoms with Crippen LogP contribution in [0.25, 0.3) is 0 Å². The number of halogens is 3. The van der Waals surface area contributed by atoms with Crippen molar-refractivity contribution < 1.29 is 14.3 Å². The van der Waals surface area contributed by atoms with E-state index in [1.165, 1.54) is 11.9 Å². The average molecular weight is 573 g/mol. The van der Waals surface area contributed by atoms with Gasteiger partial charge in [-0.05, 0) is 55.5 Å². The molecular weight excluding hydrogens is 537 g/mol. The van der Waals surface area contributed by atoms with Gasteiger partial charge in [0.1, 0.15) is 19.0 Å². The summed E-state index contributed by atoms with van der Waals surface area (Å²) in [4.78, 5) is 11.8. The van der Waals surface area contributed by atoms with Gasteiger partial charge in [-0.2, -0.15) is 0 Å². The number of benzene rings is 2. The number of rotatable bonds is 12. The van der Waals surface area contributed by atoms with Crippen molar-refractivity contribution in [3.63, 3.8) is 0 Å². The Kier molecular flexibility index (Phi) is 14.6. The van der Waals surface area contributed by atoms with E-state index in [9.17, 15) is 4.79 Å². The Labute approximate surface area is 235 Å². The van der Waals surface area contributed by atoms with E-state index in [0.29, 0.717) is 26.6 Å². The van der Waals surface area contributed by atoms with Crippen molar-refractivity contribution in [1.29, 1.82) is 0 Å². The number of hydrogen-bond acceptors (Lipinski definition) is 5. The predicted octanol–water partition coefficient (Wildman–Crippen LogP) is 8.63. The molecule has 0 saturated carbocycles. The molecule has 0 radical (unpaired) electrons. The summed E-state index contributed by atoms with van der Waals surface area (Å²) in [6, 6.07) is 11.4. The van der Waals surface area contributed by atoms with Crippen LogP contribution in [0.3, 0.4) is 0 Å². The Morgan fingerprint density at radius 2 is 1.56 bits per heavy atom. The maximum absolute atomic E-state index is 11.8. The second-order valence-electron chi connectivity index (χ2n) is 8.01. The number of nitrogens with one attached hydrogen (secondary N) is 1. The van der Waals surface area contributed by atoms with Gasteiger partial charge in [0.2, 0.25) is 0 Å². The molecule has 36 heavy (non-hydrogen) atoms. The predicted molar refractivity (Wildman–Crippen MR) is 157 cm³/mol. The Hall–Kier alpha value is -1.63. The van der Waals surface area contributed by atoms with Crippen molar-refractivity contribution in [3.05, 3.63) is 80.3 Å². The number of hydrogen-bond donors (Lipinski definition) is 1. The van der Waals surface area contributed by atoms with E-state index in [1.807, 2.05) is 82.5 Å². The van der Waals surface area contributed by atoms with Gasteiger partial charge in [-0.3, -0.25) is 9.52 Å². The number of ketones is 1. The molecule has 0 spiro atoms. The molecule has 0 aliphatic rings. The topological polar surface area (TPSA) is 47.6 Å². The monoisotopic (exact) mass is 571 g/mol. The number of ether oxygens (including phenoxy) is 2. The van der Waals surface area contributed by atoms with Crippen molar-refractivity contribution in [3.8, 4) is 11.5 Å². The van der Waals surface area contributed by atoms with Crippen LogP contribution >= 0.6 is 46.8 Å². The van der Waals surface area contributed by atoms with E-state index in [-0.39, 0.29) is 31.0 Å². The summed E-state index contributed by atoms with van der Waals surface area (Å²) in [6.45, 7) is 12.5. The molecule has 0 fully saturated rings. The van der Waals surface area contributed by atoms with Crippen LogP contribution in [0, 0.1) is 0 Å². The first kappa shape index (κ1) is 32.4. The Morgan fingerprint density at radius 3 is 2.06 bits per heavy atom. The number of allylic oxidation sites excluding steroid dienone is 2. The first-order valence-corrected chi connectivity index (χ1v) is 14.1. The lowest BCUT2D eigenvalue weighted by Crippen LogP contribution is -2.22. The summed E-state index contributed by atoms with van der Waals surface area (Å²) < 4.78 is 14.4. The van der Waals surface area contributed by atoms with E-state index in [0.717, 1.165) is 16.7 Å². The lowest BCUT2D eigenvalue weighted by molar-refractivity contribution is -0.119. The molecule has 0 aliphatic heterocycles. The molecule has 0 aromatic heterocycles. The van der Waals surface area contributed by atoms with Crippen LogP contribution in [0.4, 0.5) is 0 Å². The number of carbonyl (C=O) groups is 1. The van der Waals surface area contributed by atoms with Crippen LogP contribution in [-0.4, -0.2) is 31.8 Å². The van der Waals surface area contributed by atoms with E-state index in [1.54, 1.807) is 0 Å². The third-order valence-corrected chi connectivity index (χ3v) is 6.85. The minimum Gasteiger partial charge on any atom is -0.486 e. The zero-order valence-corrected chi connectivity index (χ0v) is 25.1. The lowest BCUT2D eigenvalue weighted by atomic mass is 9.78. The standard InChI is InChI=1S/C26H30Cl3NO3S.C2H6/c1-6-17(22(27)7-2)15-33-25-23(28)12-19(13-24(25)29)26(3,4)18-8-10-21(11-9-18)32-16-20(31)14-30-34-5;1-2/h6-13,30H,14-16H2,1-5H3;1-2H3/b17-6-,22-7+;. The quantitative estimate of drug-likeness (QED) is 0.204. The molecule has 0 atom stereocenters. The van der Waals surface area contributed by atoms with Crippen molar-refractivity contribution in [2.75, 3.05) is 26.0 Å². The summed E-state index contributed by atoms with van der Waals surface area (Å²) in [5, 5.41) is 1.49. The fourth-order valence-electron chi connectivity index (χ4n) is 3.19. The minimum atomic E-state index is -0.384. The molecule has 2 aromatic carbocycles. The van der Waals surface area contributed by atoms with E-state index >= 15 is 0 Å². The molecule has 0 heterocycles. The van der Waals surface area contributed by atoms with Crippen LogP contribution < -0.4 is 14.2 Å². The largest absolute Gasteiger partial charge is 0.486 e. The SMILES string of the molecule is C/C=C(COc1c(Cl)cc(C(C)(C)c2ccc(OCC(=O)CNSC)cc2)cc1Cl)\C(Cl)=C/C.CC. The van der Waals surface area contributed by atoms with Gasteiger partial charge in [0, 0.05) is 16.0 Å². The first-order chi connectivity index (χ1) is 17.1. The van der Waals surface area contributed by atoms with Gasteiger partial charge in [-0.25, -0.2) is 0 Å². The summed E-state index contributed by atoms with van der Waals surface area (Å²) in [5.41, 5.74) is 2.46. The third-order valence-electron chi connectivity index (χ3n) is 5.39. The molecule has 198 valence electrons. The maximum atomic E-state index is 11.8. The molecule has 2 aromatic rings. The molecule has 0 aliphatic carbocycles. The van der Waals surface area contributed by atoms with Gasteiger partial charge in [0.25, 0.3) is 0 Å². The summed E-state index contributed by atoms with van der Waals surface area (Å²) in [6.07, 6.45) is 5.58. The second-order valence-corrected chi connectivity index (χ2v) is 9.93. The Morgan fingerprint density at radius 1 is 0.972 bits per heavy atom. The van der Waals surface area contributed by atoms with Gasteiger partial charge in [-0.15, -0.1) is 0 Å². The minimum absolute atomic E-state index is 0.0140. The first-order valence-electron chi connectivity index (χ1n) is 11.7.